The summed E-state index contributed by atoms with van der Waals surface area (Å²) in [7, 11) is 2.14. The third kappa shape index (κ3) is 3.45. The maximum Gasteiger partial charge on any atom is 0.223 e. The Hall–Kier alpha value is -0.610. The van der Waals surface area contributed by atoms with Gasteiger partial charge in [-0.3, -0.25) is 4.79 Å². The van der Waals surface area contributed by atoms with Crippen molar-refractivity contribution in [1.82, 2.24) is 10.2 Å². The first-order valence-electron chi connectivity index (χ1n) is 7.28. The first kappa shape index (κ1) is 13.8. The van der Waals surface area contributed by atoms with Crippen molar-refractivity contribution < 1.29 is 4.79 Å². The van der Waals surface area contributed by atoms with Crippen LogP contribution in [-0.4, -0.2) is 43.5 Å². The van der Waals surface area contributed by atoms with E-state index in [1.54, 1.807) is 0 Å². The summed E-state index contributed by atoms with van der Waals surface area (Å²) in [6.07, 6.45) is 4.16. The van der Waals surface area contributed by atoms with Crippen LogP contribution in [0.2, 0.25) is 0 Å². The Bertz CT molecular complexity index is 295. The van der Waals surface area contributed by atoms with E-state index >= 15 is 0 Å². The number of amides is 1. The number of rotatable bonds is 3. The summed E-state index contributed by atoms with van der Waals surface area (Å²) in [5.74, 6) is 1.58. The summed E-state index contributed by atoms with van der Waals surface area (Å²) in [6, 6.07) is 0.201. The Morgan fingerprint density at radius 2 is 2.17 bits per heavy atom. The van der Waals surface area contributed by atoms with Crippen LogP contribution in [0.3, 0.4) is 0 Å². The summed E-state index contributed by atoms with van der Waals surface area (Å²) >= 11 is 0. The van der Waals surface area contributed by atoms with Crippen LogP contribution in [0.1, 0.15) is 32.6 Å². The van der Waals surface area contributed by atoms with Crippen LogP contribution in [0.15, 0.2) is 0 Å². The molecule has 0 aromatic carbocycles. The zero-order chi connectivity index (χ0) is 13.1. The van der Waals surface area contributed by atoms with E-state index in [0.29, 0.717) is 11.8 Å². The molecule has 1 aliphatic heterocycles. The maximum absolute atomic E-state index is 12.1. The second-order valence-electron chi connectivity index (χ2n) is 6.31. The second kappa shape index (κ2) is 6.02. The van der Waals surface area contributed by atoms with Crippen molar-refractivity contribution in [1.29, 1.82) is 0 Å². The van der Waals surface area contributed by atoms with Crippen molar-refractivity contribution in [2.45, 2.75) is 38.6 Å². The molecule has 0 spiro atoms. The first-order valence-corrected chi connectivity index (χ1v) is 7.28. The summed E-state index contributed by atoms with van der Waals surface area (Å²) < 4.78 is 0. The Labute approximate surface area is 110 Å². The smallest absolute Gasteiger partial charge is 0.223 e. The van der Waals surface area contributed by atoms with Gasteiger partial charge in [0.2, 0.25) is 5.91 Å². The molecule has 2 fully saturated rings. The van der Waals surface area contributed by atoms with E-state index in [1.807, 2.05) is 0 Å². The molecule has 18 heavy (non-hydrogen) atoms. The normalized spacial score (nSPS) is 37.7. The molecule has 1 aliphatic carbocycles. The van der Waals surface area contributed by atoms with E-state index in [4.69, 9.17) is 5.73 Å². The topological polar surface area (TPSA) is 58.4 Å². The second-order valence-corrected chi connectivity index (χ2v) is 6.31. The molecular formula is C14H27N3O. The Morgan fingerprint density at radius 3 is 2.78 bits per heavy atom. The molecule has 2 aliphatic rings. The molecule has 4 unspecified atom stereocenters. The number of nitrogens with zero attached hydrogens (tertiary/aromatic N) is 1. The summed E-state index contributed by atoms with van der Waals surface area (Å²) in [6.45, 7) is 5.30. The molecule has 1 saturated heterocycles. The number of likely N-dealkylation sites (tertiary alicyclic amines) is 1. The lowest BCUT2D eigenvalue weighted by atomic mass is 9.79. The number of hydrogen-bond acceptors (Lipinski definition) is 3. The molecule has 4 heteroatoms. The highest BCUT2D eigenvalue weighted by molar-refractivity contribution is 5.78. The number of nitrogens with one attached hydrogen (secondary N) is 1. The molecule has 4 atom stereocenters. The highest BCUT2D eigenvalue weighted by Crippen LogP contribution is 2.27. The predicted molar refractivity (Wildman–Crippen MR) is 73.1 cm³/mol. The van der Waals surface area contributed by atoms with Gasteiger partial charge in [0.05, 0.1) is 0 Å². The van der Waals surface area contributed by atoms with Gasteiger partial charge in [-0.05, 0) is 51.1 Å². The van der Waals surface area contributed by atoms with Crippen molar-refractivity contribution in [3.8, 4) is 0 Å². The standard InChI is InChI=1S/C14H27N3O/c1-10-3-4-12(7-13(10)15)14(18)16-8-11-5-6-17(2)9-11/h10-13H,3-9,15H2,1-2H3,(H,16,18). The van der Waals surface area contributed by atoms with Gasteiger partial charge in [0.1, 0.15) is 0 Å². The number of nitrogens with two attached hydrogens (primary N) is 1. The lowest BCUT2D eigenvalue weighted by Crippen LogP contribution is -2.42. The van der Waals surface area contributed by atoms with Crippen LogP contribution in [0.4, 0.5) is 0 Å². The molecule has 3 N–H and O–H groups in total. The van der Waals surface area contributed by atoms with Gasteiger partial charge >= 0.3 is 0 Å². The third-order valence-corrected chi connectivity index (χ3v) is 4.68. The van der Waals surface area contributed by atoms with Crippen molar-refractivity contribution in [2.75, 3.05) is 26.7 Å². The molecule has 104 valence electrons. The lowest BCUT2D eigenvalue weighted by molar-refractivity contribution is -0.126. The van der Waals surface area contributed by atoms with Crippen molar-refractivity contribution in [3.05, 3.63) is 0 Å². The highest BCUT2D eigenvalue weighted by atomic mass is 16.1. The van der Waals surface area contributed by atoms with E-state index in [9.17, 15) is 4.79 Å². The van der Waals surface area contributed by atoms with E-state index in [0.717, 1.165) is 38.9 Å². The van der Waals surface area contributed by atoms with Gasteiger partial charge in [-0.25, -0.2) is 0 Å². The minimum absolute atomic E-state index is 0.148. The lowest BCUT2D eigenvalue weighted by Gasteiger charge is -2.31. The largest absolute Gasteiger partial charge is 0.356 e. The van der Waals surface area contributed by atoms with E-state index in [1.165, 1.54) is 6.42 Å². The average molecular weight is 253 g/mol. The molecule has 1 heterocycles. The number of carbonyl (C=O) groups excluding carboxylic acids is 1. The van der Waals surface area contributed by atoms with Crippen molar-refractivity contribution in [2.24, 2.45) is 23.5 Å². The van der Waals surface area contributed by atoms with Gasteiger partial charge < -0.3 is 16.0 Å². The zero-order valence-corrected chi connectivity index (χ0v) is 11.7. The molecule has 1 amide bonds. The monoisotopic (exact) mass is 253 g/mol. The summed E-state index contributed by atoms with van der Waals surface area (Å²) in [5, 5.41) is 3.13. The molecule has 2 rings (SSSR count). The summed E-state index contributed by atoms with van der Waals surface area (Å²) in [5.41, 5.74) is 6.06. The van der Waals surface area contributed by atoms with Crippen LogP contribution < -0.4 is 11.1 Å². The Morgan fingerprint density at radius 1 is 1.39 bits per heavy atom. The average Bonchev–Trinajstić information content (AvgIpc) is 2.75. The van der Waals surface area contributed by atoms with Gasteiger partial charge in [0, 0.05) is 25.0 Å². The van der Waals surface area contributed by atoms with E-state index < -0.39 is 0 Å². The molecule has 0 aromatic heterocycles. The maximum atomic E-state index is 12.1. The summed E-state index contributed by atoms with van der Waals surface area (Å²) in [4.78, 5) is 14.4. The van der Waals surface area contributed by atoms with Crippen LogP contribution in [0, 0.1) is 17.8 Å². The molecular weight excluding hydrogens is 226 g/mol. The third-order valence-electron chi connectivity index (χ3n) is 4.68. The van der Waals surface area contributed by atoms with Crippen LogP contribution >= 0.6 is 0 Å². The van der Waals surface area contributed by atoms with Gasteiger partial charge in [-0.15, -0.1) is 0 Å². The molecule has 0 bridgehead atoms. The molecule has 0 radical (unpaired) electrons. The first-order chi connectivity index (χ1) is 8.56. The van der Waals surface area contributed by atoms with Gasteiger partial charge in [-0.2, -0.15) is 0 Å². The fraction of sp³-hybridized carbons (Fsp3) is 0.929. The quantitative estimate of drug-likeness (QED) is 0.783. The SMILES string of the molecule is CC1CCC(C(=O)NCC2CCN(C)C2)CC1N. The fourth-order valence-corrected chi connectivity index (χ4v) is 3.18. The van der Waals surface area contributed by atoms with E-state index in [-0.39, 0.29) is 17.9 Å². The Balaban J connectivity index is 1.71. The van der Waals surface area contributed by atoms with Gasteiger partial charge in [0.15, 0.2) is 0 Å². The highest BCUT2D eigenvalue weighted by Gasteiger charge is 2.30. The van der Waals surface area contributed by atoms with Crippen LogP contribution in [0.5, 0.6) is 0 Å². The van der Waals surface area contributed by atoms with E-state index in [2.05, 4.69) is 24.2 Å². The molecule has 1 saturated carbocycles. The fourth-order valence-electron chi connectivity index (χ4n) is 3.18. The van der Waals surface area contributed by atoms with Crippen LogP contribution in [-0.2, 0) is 4.79 Å². The number of carbonyl (C=O) groups is 1. The molecule has 4 nitrogen and oxygen atoms in total. The van der Waals surface area contributed by atoms with Crippen molar-refractivity contribution in [3.63, 3.8) is 0 Å². The number of hydrogen-bond donors (Lipinski definition) is 2. The van der Waals surface area contributed by atoms with Gasteiger partial charge in [-0.1, -0.05) is 6.92 Å². The van der Waals surface area contributed by atoms with Gasteiger partial charge in [0.25, 0.3) is 0 Å². The van der Waals surface area contributed by atoms with Crippen molar-refractivity contribution >= 4 is 5.91 Å². The zero-order valence-electron chi connectivity index (χ0n) is 11.7. The Kier molecular flexibility index (Phi) is 4.62. The minimum Gasteiger partial charge on any atom is -0.356 e. The van der Waals surface area contributed by atoms with Crippen LogP contribution in [0.25, 0.3) is 0 Å². The predicted octanol–water partition coefficient (Wildman–Crippen LogP) is 0.818. The molecule has 0 aromatic rings. The minimum atomic E-state index is 0.148.